The van der Waals surface area contributed by atoms with E-state index in [2.05, 4.69) is 20.0 Å². The molecule has 1 heterocycles. The maximum absolute atomic E-state index is 12.5. The summed E-state index contributed by atoms with van der Waals surface area (Å²) in [4.78, 5) is 8.42. The molecule has 0 radical (unpaired) electrons. The minimum absolute atomic E-state index is 0.199. The summed E-state index contributed by atoms with van der Waals surface area (Å²) in [5.74, 6) is 0. The van der Waals surface area contributed by atoms with Crippen LogP contribution in [-0.4, -0.2) is 68.8 Å². The summed E-state index contributed by atoms with van der Waals surface area (Å²) in [7, 11) is -4.21. The Labute approximate surface area is 164 Å². The van der Waals surface area contributed by atoms with Gasteiger partial charge in [0.05, 0.1) is 6.54 Å². The van der Waals surface area contributed by atoms with Crippen LogP contribution in [0, 0.1) is 13.8 Å². The summed E-state index contributed by atoms with van der Waals surface area (Å²) in [6.07, 6.45) is 0.818. The van der Waals surface area contributed by atoms with Crippen molar-refractivity contribution in [2.75, 3.05) is 27.7 Å². The second-order valence-corrected chi connectivity index (χ2v) is 9.64. The third-order valence-electron chi connectivity index (χ3n) is 3.94. The van der Waals surface area contributed by atoms with Crippen LogP contribution < -0.4 is 4.72 Å². The van der Waals surface area contributed by atoms with Gasteiger partial charge in [-0.05, 0) is 25.0 Å². The number of hydrogen-bond donors (Lipinski definition) is 1. The number of sulfonamides is 1. The number of oxime groups is 1. The van der Waals surface area contributed by atoms with Crippen LogP contribution in [0.3, 0.4) is 0 Å². The average Bonchev–Trinajstić information content (AvgIpc) is 3.13. The molecule has 0 aliphatic heterocycles. The summed E-state index contributed by atoms with van der Waals surface area (Å²) < 4.78 is 52.7. The quantitative estimate of drug-likeness (QED) is 0.455. The lowest BCUT2D eigenvalue weighted by atomic mass is 10.00. The highest BCUT2D eigenvalue weighted by Crippen LogP contribution is 2.14. The van der Waals surface area contributed by atoms with Gasteiger partial charge >= 0.3 is 10.2 Å². The highest BCUT2D eigenvalue weighted by molar-refractivity contribution is 7.89. The smallest absolute Gasteiger partial charge is 0.323 e. The van der Waals surface area contributed by atoms with Crippen molar-refractivity contribution in [1.29, 1.82) is 0 Å². The predicted molar refractivity (Wildman–Crippen MR) is 103 cm³/mol. The molecule has 1 aromatic heterocycles. The van der Waals surface area contributed by atoms with E-state index in [9.17, 15) is 16.8 Å². The van der Waals surface area contributed by atoms with Crippen molar-refractivity contribution >= 4 is 25.9 Å². The molecule has 0 aliphatic rings. The van der Waals surface area contributed by atoms with Gasteiger partial charge in [0.1, 0.15) is 19.1 Å². The monoisotopic (exact) mass is 430 g/mol. The molecule has 2 rings (SSSR count). The first kappa shape index (κ1) is 21.9. The van der Waals surface area contributed by atoms with Gasteiger partial charge in [-0.25, -0.2) is 18.1 Å². The highest BCUT2D eigenvalue weighted by atomic mass is 32.2. The van der Waals surface area contributed by atoms with Crippen molar-refractivity contribution in [2.45, 2.75) is 19.0 Å². The molecule has 0 aliphatic carbocycles. The van der Waals surface area contributed by atoms with Crippen molar-refractivity contribution in [3.63, 3.8) is 0 Å². The summed E-state index contributed by atoms with van der Waals surface area (Å²) in [5, 5.41) is 6.79. The molecule has 13 heteroatoms. The van der Waals surface area contributed by atoms with Crippen LogP contribution >= 0.6 is 0 Å². The Morgan fingerprint density at radius 1 is 1.25 bits per heavy atom. The molecule has 0 unspecified atom stereocenters. The van der Waals surface area contributed by atoms with Crippen LogP contribution in [0.5, 0.6) is 0 Å². The molecule has 28 heavy (non-hydrogen) atoms. The normalized spacial score (nSPS) is 13.1. The van der Waals surface area contributed by atoms with Crippen LogP contribution in [0.4, 0.5) is 0 Å². The van der Waals surface area contributed by atoms with Crippen LogP contribution in [-0.2, 0) is 25.1 Å². The van der Waals surface area contributed by atoms with Crippen molar-refractivity contribution in [2.24, 2.45) is 5.16 Å². The van der Waals surface area contributed by atoms with E-state index in [4.69, 9.17) is 4.84 Å². The van der Waals surface area contributed by atoms with Gasteiger partial charge in [0, 0.05) is 19.7 Å². The lowest BCUT2D eigenvalue weighted by Crippen LogP contribution is -2.32. The summed E-state index contributed by atoms with van der Waals surface area (Å²) in [5.41, 5.74) is 3.02. The van der Waals surface area contributed by atoms with Gasteiger partial charge in [-0.15, -0.1) is 9.19 Å². The lowest BCUT2D eigenvalue weighted by molar-refractivity contribution is 0.213. The lowest BCUT2D eigenvalue weighted by Gasteiger charge is -2.11. The average molecular weight is 431 g/mol. The number of rotatable bonds is 8. The molecule has 1 aromatic carbocycles. The Balaban J connectivity index is 2.28. The molecular formula is C15H22N6O5S2. The Bertz CT molecular complexity index is 1090. The number of aromatic nitrogens is 3. The van der Waals surface area contributed by atoms with Gasteiger partial charge in [-0.2, -0.15) is 12.7 Å². The standard InChI is InChI=1S/C15H22N6O5S2/c1-11-7-6-8-13(12(11)2)14(19-26-5)9-17-27(22,23)15-16-10-21(18-15)28(24,25)20(3)4/h6-8,10,17H,9H2,1-5H3/b19-14+. The van der Waals surface area contributed by atoms with Crippen LogP contribution in [0.1, 0.15) is 16.7 Å². The Morgan fingerprint density at radius 2 is 1.93 bits per heavy atom. The summed E-state index contributed by atoms with van der Waals surface area (Å²) in [6.45, 7) is 3.62. The number of hydrogen-bond acceptors (Lipinski definition) is 8. The maximum atomic E-state index is 12.5. The molecule has 154 valence electrons. The molecule has 0 saturated carbocycles. The first-order chi connectivity index (χ1) is 13.0. The number of nitrogens with zero attached hydrogens (tertiary/aromatic N) is 5. The number of nitrogens with one attached hydrogen (secondary N) is 1. The molecule has 11 nitrogen and oxygen atoms in total. The minimum atomic E-state index is -4.18. The third-order valence-corrected chi connectivity index (χ3v) is 6.70. The largest absolute Gasteiger partial charge is 0.399 e. The van der Waals surface area contributed by atoms with E-state index in [1.54, 1.807) is 6.07 Å². The minimum Gasteiger partial charge on any atom is -0.399 e. The molecule has 0 fully saturated rings. The second kappa shape index (κ2) is 8.34. The Hall–Kier alpha value is -2.35. The first-order valence-corrected chi connectivity index (χ1v) is 10.9. The maximum Gasteiger partial charge on any atom is 0.323 e. The van der Waals surface area contributed by atoms with Crippen molar-refractivity contribution in [3.05, 3.63) is 41.2 Å². The van der Waals surface area contributed by atoms with E-state index in [0.29, 0.717) is 9.80 Å². The Kier molecular flexibility index (Phi) is 6.54. The number of benzene rings is 1. The molecule has 1 N–H and O–H groups in total. The van der Waals surface area contributed by atoms with Crippen molar-refractivity contribution in [3.8, 4) is 0 Å². The van der Waals surface area contributed by atoms with Crippen LogP contribution in [0.2, 0.25) is 0 Å². The van der Waals surface area contributed by atoms with Gasteiger partial charge in [0.15, 0.2) is 0 Å². The van der Waals surface area contributed by atoms with E-state index in [0.717, 1.165) is 27.3 Å². The van der Waals surface area contributed by atoms with E-state index in [-0.39, 0.29) is 6.54 Å². The summed E-state index contributed by atoms with van der Waals surface area (Å²) >= 11 is 0. The molecule has 0 spiro atoms. The zero-order valence-electron chi connectivity index (χ0n) is 16.1. The highest BCUT2D eigenvalue weighted by Gasteiger charge is 2.25. The van der Waals surface area contributed by atoms with Gasteiger partial charge in [-0.3, -0.25) is 0 Å². The van der Waals surface area contributed by atoms with Gasteiger partial charge in [-0.1, -0.05) is 23.4 Å². The fourth-order valence-corrected chi connectivity index (χ4v) is 3.79. The fraction of sp³-hybridized carbons (Fsp3) is 0.400. The van der Waals surface area contributed by atoms with E-state index in [1.807, 2.05) is 26.0 Å². The molecule has 0 bridgehead atoms. The Morgan fingerprint density at radius 3 is 2.54 bits per heavy atom. The van der Waals surface area contributed by atoms with E-state index < -0.39 is 25.4 Å². The second-order valence-electron chi connectivity index (χ2n) is 5.98. The topological polar surface area (TPSA) is 136 Å². The van der Waals surface area contributed by atoms with Crippen LogP contribution in [0.25, 0.3) is 0 Å². The molecular weight excluding hydrogens is 408 g/mol. The molecule has 2 aromatic rings. The zero-order valence-corrected chi connectivity index (χ0v) is 17.7. The van der Waals surface area contributed by atoms with Gasteiger partial charge in [0.25, 0.3) is 15.2 Å². The summed E-state index contributed by atoms with van der Waals surface area (Å²) in [6, 6.07) is 5.55. The van der Waals surface area contributed by atoms with E-state index >= 15 is 0 Å². The van der Waals surface area contributed by atoms with Crippen molar-refractivity contribution < 1.29 is 21.7 Å². The number of aryl methyl sites for hydroxylation is 1. The molecule has 0 saturated heterocycles. The zero-order chi connectivity index (χ0) is 21.1. The van der Waals surface area contributed by atoms with Gasteiger partial charge in [0.2, 0.25) is 0 Å². The van der Waals surface area contributed by atoms with E-state index in [1.165, 1.54) is 21.2 Å². The fourth-order valence-electron chi connectivity index (χ4n) is 2.21. The first-order valence-electron chi connectivity index (χ1n) is 8.01. The van der Waals surface area contributed by atoms with Crippen molar-refractivity contribution in [1.82, 2.24) is 23.2 Å². The SMILES string of the molecule is CO/N=C(\CNS(=O)(=O)c1ncn(S(=O)(=O)N(C)C)n1)c1cccc(C)c1C. The molecule has 0 atom stereocenters. The van der Waals surface area contributed by atoms with Gasteiger partial charge < -0.3 is 4.84 Å². The predicted octanol–water partition coefficient (Wildman–Crippen LogP) is -0.122. The van der Waals surface area contributed by atoms with Crippen LogP contribution in [0.15, 0.2) is 34.8 Å². The molecule has 0 amide bonds. The third kappa shape index (κ3) is 4.55.